The molecule has 0 radical (unpaired) electrons. The van der Waals surface area contributed by atoms with Crippen LogP contribution in [-0.2, 0) is 11.3 Å². The number of carbonyl (C=O) groups is 1. The molecule has 1 atom stereocenters. The maximum absolute atomic E-state index is 10.9. The Morgan fingerprint density at radius 1 is 1.33 bits per heavy atom. The predicted molar refractivity (Wildman–Crippen MR) is 99.5 cm³/mol. The summed E-state index contributed by atoms with van der Waals surface area (Å²) in [6, 6.07) is 7.84. The Kier molecular flexibility index (Phi) is 6.41. The van der Waals surface area contributed by atoms with E-state index < -0.39 is 5.97 Å². The second-order valence-electron chi connectivity index (χ2n) is 6.91. The van der Waals surface area contributed by atoms with Crippen molar-refractivity contribution in [3.63, 3.8) is 0 Å². The van der Waals surface area contributed by atoms with Gasteiger partial charge >= 0.3 is 5.97 Å². The van der Waals surface area contributed by atoms with E-state index in [1.54, 1.807) is 7.11 Å². The number of carboxylic acids is 1. The lowest BCUT2D eigenvalue weighted by Gasteiger charge is -2.25. The molecule has 1 saturated heterocycles. The topological polar surface area (TPSA) is 91.9 Å². The smallest absolute Gasteiger partial charge is 0.317 e. The number of aromatic nitrogens is 2. The monoisotopic (exact) mass is 374 g/mol. The van der Waals surface area contributed by atoms with Gasteiger partial charge in [0.05, 0.1) is 20.2 Å². The highest BCUT2D eigenvalue weighted by Gasteiger charge is 2.23. The molecule has 1 aliphatic rings. The minimum atomic E-state index is -0.782. The molecular weight excluding hydrogens is 348 g/mol. The van der Waals surface area contributed by atoms with Gasteiger partial charge in [0, 0.05) is 18.2 Å². The highest BCUT2D eigenvalue weighted by Crippen LogP contribution is 2.21. The molecule has 0 spiro atoms. The van der Waals surface area contributed by atoms with Crippen molar-refractivity contribution in [2.75, 3.05) is 33.8 Å². The molecular formula is C19H26N4O4. The Balaban J connectivity index is 1.56. The summed E-state index contributed by atoms with van der Waals surface area (Å²) in [5.74, 6) is 1.17. The molecule has 1 aliphatic heterocycles. The van der Waals surface area contributed by atoms with Crippen LogP contribution >= 0.6 is 0 Å². The Hall–Kier alpha value is -2.45. The maximum atomic E-state index is 10.9. The quantitative estimate of drug-likeness (QED) is 0.788. The summed E-state index contributed by atoms with van der Waals surface area (Å²) in [7, 11) is 3.51. The highest BCUT2D eigenvalue weighted by atomic mass is 16.5. The Labute approximate surface area is 158 Å². The standard InChI is InChI=1S/C19H26N4O4/c1-22(13-18(24)25)15-4-3-10-23(11-9-15)12-17-20-19(21-27-17)14-5-7-16(26-2)8-6-14/h5-8,15H,3-4,9-13H2,1-2H3,(H,24,25). The van der Waals surface area contributed by atoms with Gasteiger partial charge in [-0.15, -0.1) is 0 Å². The zero-order valence-electron chi connectivity index (χ0n) is 15.8. The minimum Gasteiger partial charge on any atom is -0.497 e. The third kappa shape index (κ3) is 5.27. The van der Waals surface area contributed by atoms with Gasteiger partial charge in [-0.3, -0.25) is 14.6 Å². The lowest BCUT2D eigenvalue weighted by molar-refractivity contribution is -0.138. The van der Waals surface area contributed by atoms with Gasteiger partial charge in [0.25, 0.3) is 0 Å². The summed E-state index contributed by atoms with van der Waals surface area (Å²) in [6.45, 7) is 2.52. The Morgan fingerprint density at radius 3 is 2.81 bits per heavy atom. The van der Waals surface area contributed by atoms with E-state index in [1.165, 1.54) is 0 Å². The first-order chi connectivity index (χ1) is 13.0. The number of benzene rings is 1. The molecule has 1 aromatic carbocycles. The lowest BCUT2D eigenvalue weighted by Crippen LogP contribution is -2.36. The number of aliphatic carboxylic acids is 1. The summed E-state index contributed by atoms with van der Waals surface area (Å²) in [5.41, 5.74) is 0.886. The van der Waals surface area contributed by atoms with Crippen LogP contribution in [0.2, 0.25) is 0 Å². The minimum absolute atomic E-state index is 0.0829. The zero-order chi connectivity index (χ0) is 19.2. The second-order valence-corrected chi connectivity index (χ2v) is 6.91. The van der Waals surface area contributed by atoms with Crippen LogP contribution in [0.3, 0.4) is 0 Å². The maximum Gasteiger partial charge on any atom is 0.317 e. The van der Waals surface area contributed by atoms with E-state index in [-0.39, 0.29) is 6.54 Å². The van der Waals surface area contributed by atoms with Crippen LogP contribution in [0.1, 0.15) is 25.2 Å². The Morgan fingerprint density at radius 2 is 2.11 bits per heavy atom. The molecule has 0 bridgehead atoms. The summed E-state index contributed by atoms with van der Waals surface area (Å²) in [4.78, 5) is 19.6. The molecule has 1 fully saturated rings. The van der Waals surface area contributed by atoms with Crippen molar-refractivity contribution < 1.29 is 19.2 Å². The Bertz CT molecular complexity index is 746. The van der Waals surface area contributed by atoms with Gasteiger partial charge in [-0.05, 0) is 57.1 Å². The molecule has 2 aromatic rings. The van der Waals surface area contributed by atoms with Crippen molar-refractivity contribution >= 4 is 5.97 Å². The molecule has 0 amide bonds. The van der Waals surface area contributed by atoms with E-state index in [0.717, 1.165) is 43.7 Å². The SMILES string of the molecule is COc1ccc(-c2noc(CN3CCCC(N(C)CC(=O)O)CC3)n2)cc1. The van der Waals surface area contributed by atoms with Gasteiger partial charge in [0.15, 0.2) is 0 Å². The summed E-state index contributed by atoms with van der Waals surface area (Å²) < 4.78 is 10.6. The fraction of sp³-hybridized carbons (Fsp3) is 0.526. The average molecular weight is 374 g/mol. The number of hydrogen-bond donors (Lipinski definition) is 1. The summed E-state index contributed by atoms with van der Waals surface area (Å²) >= 11 is 0. The molecule has 0 saturated carbocycles. The van der Waals surface area contributed by atoms with Crippen LogP contribution in [0, 0.1) is 0 Å². The second kappa shape index (κ2) is 8.96. The van der Waals surface area contributed by atoms with Crippen molar-refractivity contribution in [2.24, 2.45) is 0 Å². The largest absolute Gasteiger partial charge is 0.497 e. The van der Waals surface area contributed by atoms with E-state index in [2.05, 4.69) is 15.0 Å². The number of hydrogen-bond acceptors (Lipinski definition) is 7. The zero-order valence-corrected chi connectivity index (χ0v) is 15.8. The van der Waals surface area contributed by atoms with Crippen molar-refractivity contribution in [3.05, 3.63) is 30.2 Å². The number of rotatable bonds is 7. The van der Waals surface area contributed by atoms with Gasteiger partial charge in [-0.1, -0.05) is 5.16 Å². The normalized spacial score (nSPS) is 18.4. The number of methoxy groups -OCH3 is 1. The first-order valence-electron chi connectivity index (χ1n) is 9.16. The predicted octanol–water partition coefficient (Wildman–Crippen LogP) is 2.12. The molecule has 1 aromatic heterocycles. The molecule has 1 unspecified atom stereocenters. The molecule has 146 valence electrons. The van der Waals surface area contributed by atoms with Crippen molar-refractivity contribution in [1.29, 1.82) is 0 Å². The van der Waals surface area contributed by atoms with E-state index in [4.69, 9.17) is 14.4 Å². The molecule has 3 rings (SSSR count). The van der Waals surface area contributed by atoms with Crippen LogP contribution in [0.4, 0.5) is 0 Å². The lowest BCUT2D eigenvalue weighted by atomic mass is 10.1. The average Bonchev–Trinajstić information content (AvgIpc) is 2.99. The number of nitrogens with zero attached hydrogens (tertiary/aromatic N) is 4. The van der Waals surface area contributed by atoms with Crippen LogP contribution in [0.15, 0.2) is 28.8 Å². The van der Waals surface area contributed by atoms with Gasteiger partial charge in [-0.25, -0.2) is 0 Å². The van der Waals surface area contributed by atoms with E-state index >= 15 is 0 Å². The fourth-order valence-corrected chi connectivity index (χ4v) is 3.45. The van der Waals surface area contributed by atoms with Gasteiger partial charge in [-0.2, -0.15) is 4.98 Å². The number of carboxylic acid groups (broad SMARTS) is 1. The number of ether oxygens (including phenoxy) is 1. The third-order valence-corrected chi connectivity index (χ3v) is 4.97. The molecule has 8 heteroatoms. The van der Waals surface area contributed by atoms with Crippen LogP contribution < -0.4 is 4.74 Å². The van der Waals surface area contributed by atoms with Gasteiger partial charge in [0.2, 0.25) is 11.7 Å². The van der Waals surface area contributed by atoms with E-state index in [0.29, 0.717) is 24.3 Å². The highest BCUT2D eigenvalue weighted by molar-refractivity contribution is 5.69. The van der Waals surface area contributed by atoms with Crippen molar-refractivity contribution in [1.82, 2.24) is 19.9 Å². The molecule has 2 heterocycles. The van der Waals surface area contributed by atoms with Crippen LogP contribution in [0.25, 0.3) is 11.4 Å². The molecule has 8 nitrogen and oxygen atoms in total. The van der Waals surface area contributed by atoms with Gasteiger partial charge in [0.1, 0.15) is 5.75 Å². The van der Waals surface area contributed by atoms with Crippen LogP contribution in [0.5, 0.6) is 5.75 Å². The molecule has 27 heavy (non-hydrogen) atoms. The number of likely N-dealkylation sites (N-methyl/N-ethyl adjacent to an activating group) is 1. The molecule has 0 aliphatic carbocycles. The summed E-state index contributed by atoms with van der Waals surface area (Å²) in [6.07, 6.45) is 2.96. The van der Waals surface area contributed by atoms with E-state index in [1.807, 2.05) is 36.2 Å². The first-order valence-corrected chi connectivity index (χ1v) is 9.16. The third-order valence-electron chi connectivity index (χ3n) is 4.97. The van der Waals surface area contributed by atoms with Crippen molar-refractivity contribution in [2.45, 2.75) is 31.8 Å². The van der Waals surface area contributed by atoms with E-state index in [9.17, 15) is 4.79 Å². The molecule has 1 N–H and O–H groups in total. The van der Waals surface area contributed by atoms with Crippen LogP contribution in [-0.4, -0.2) is 70.8 Å². The number of likely N-dealkylation sites (tertiary alicyclic amines) is 1. The summed E-state index contributed by atoms with van der Waals surface area (Å²) in [5, 5.41) is 13.1. The first kappa shape index (κ1) is 19.3. The fourth-order valence-electron chi connectivity index (χ4n) is 3.45. The van der Waals surface area contributed by atoms with Crippen molar-refractivity contribution in [3.8, 4) is 17.1 Å². The van der Waals surface area contributed by atoms with Gasteiger partial charge < -0.3 is 14.4 Å².